The number of rotatable bonds is 5. The minimum absolute atomic E-state index is 0. The Balaban J connectivity index is 0.00000176. The zero-order chi connectivity index (χ0) is 14.3. The van der Waals surface area contributed by atoms with Gasteiger partial charge in [-0.25, -0.2) is 0 Å². The normalized spacial score (nSPS) is 17.5. The number of benzene rings is 2. The minimum atomic E-state index is 0. The van der Waals surface area contributed by atoms with Crippen molar-refractivity contribution in [1.82, 2.24) is 5.32 Å². The van der Waals surface area contributed by atoms with E-state index in [9.17, 15) is 0 Å². The average Bonchev–Trinajstić information content (AvgIpc) is 2.56. The molecule has 1 aliphatic rings. The topological polar surface area (TPSA) is 21.3 Å². The Morgan fingerprint density at radius 1 is 0.955 bits per heavy atom. The van der Waals surface area contributed by atoms with Gasteiger partial charge in [0.2, 0.25) is 0 Å². The van der Waals surface area contributed by atoms with Crippen molar-refractivity contribution in [1.29, 1.82) is 0 Å². The van der Waals surface area contributed by atoms with Crippen LogP contribution in [0.15, 0.2) is 54.6 Å². The summed E-state index contributed by atoms with van der Waals surface area (Å²) in [4.78, 5) is 0. The van der Waals surface area contributed by atoms with Crippen LogP contribution >= 0.6 is 12.4 Å². The van der Waals surface area contributed by atoms with Crippen molar-refractivity contribution in [2.75, 3.05) is 19.7 Å². The Morgan fingerprint density at radius 2 is 1.68 bits per heavy atom. The highest BCUT2D eigenvalue weighted by Crippen LogP contribution is 2.17. The first-order valence-corrected chi connectivity index (χ1v) is 7.86. The van der Waals surface area contributed by atoms with Crippen LogP contribution in [-0.2, 0) is 6.42 Å². The third kappa shape index (κ3) is 5.04. The van der Waals surface area contributed by atoms with Crippen molar-refractivity contribution in [2.45, 2.75) is 19.3 Å². The monoisotopic (exact) mass is 317 g/mol. The molecule has 0 aliphatic carbocycles. The highest BCUT2D eigenvalue weighted by Gasteiger charge is 2.13. The van der Waals surface area contributed by atoms with Gasteiger partial charge >= 0.3 is 0 Å². The van der Waals surface area contributed by atoms with Gasteiger partial charge in [0.1, 0.15) is 5.75 Å². The van der Waals surface area contributed by atoms with Crippen LogP contribution in [0.4, 0.5) is 0 Å². The lowest BCUT2D eigenvalue weighted by Gasteiger charge is -2.22. The van der Waals surface area contributed by atoms with Gasteiger partial charge in [-0.3, -0.25) is 0 Å². The number of hydrogen-bond acceptors (Lipinski definition) is 2. The first-order valence-electron chi connectivity index (χ1n) is 7.86. The molecular formula is C19H24ClNO. The highest BCUT2D eigenvalue weighted by atomic mass is 35.5. The first kappa shape index (κ1) is 16.9. The van der Waals surface area contributed by atoms with Gasteiger partial charge < -0.3 is 10.1 Å². The number of halogens is 1. The van der Waals surface area contributed by atoms with Gasteiger partial charge in [-0.2, -0.15) is 0 Å². The molecule has 2 aromatic rings. The second-order valence-corrected chi connectivity index (χ2v) is 5.83. The smallest absolute Gasteiger partial charge is 0.119 e. The molecule has 0 spiro atoms. The Morgan fingerprint density at radius 3 is 2.36 bits per heavy atom. The van der Waals surface area contributed by atoms with E-state index >= 15 is 0 Å². The van der Waals surface area contributed by atoms with Gasteiger partial charge in [0.05, 0.1) is 6.61 Å². The summed E-state index contributed by atoms with van der Waals surface area (Å²) in [7, 11) is 0. The van der Waals surface area contributed by atoms with Crippen LogP contribution < -0.4 is 10.1 Å². The third-order valence-electron chi connectivity index (χ3n) is 4.06. The molecular weight excluding hydrogens is 294 g/mol. The third-order valence-corrected chi connectivity index (χ3v) is 4.06. The summed E-state index contributed by atoms with van der Waals surface area (Å²) in [6, 6.07) is 19.1. The van der Waals surface area contributed by atoms with E-state index in [1.54, 1.807) is 0 Å². The fraction of sp³-hybridized carbons (Fsp3) is 0.368. The molecule has 3 rings (SSSR count). The quantitative estimate of drug-likeness (QED) is 0.897. The van der Waals surface area contributed by atoms with E-state index in [-0.39, 0.29) is 12.4 Å². The molecule has 1 unspecified atom stereocenters. The van der Waals surface area contributed by atoms with Gasteiger partial charge in [0.15, 0.2) is 0 Å². The van der Waals surface area contributed by atoms with E-state index < -0.39 is 0 Å². The maximum atomic E-state index is 5.91. The SMILES string of the molecule is Cl.c1ccc(Cc2ccc(OCC3CCCNC3)cc2)cc1. The lowest BCUT2D eigenvalue weighted by atomic mass is 10.0. The maximum Gasteiger partial charge on any atom is 0.119 e. The summed E-state index contributed by atoms with van der Waals surface area (Å²) in [5.41, 5.74) is 2.67. The molecule has 0 saturated carbocycles. The molecule has 1 saturated heterocycles. The summed E-state index contributed by atoms with van der Waals surface area (Å²) >= 11 is 0. The van der Waals surface area contributed by atoms with E-state index in [4.69, 9.17) is 4.74 Å². The lowest BCUT2D eigenvalue weighted by molar-refractivity contribution is 0.218. The van der Waals surface area contributed by atoms with Gasteiger partial charge in [-0.15, -0.1) is 12.4 Å². The van der Waals surface area contributed by atoms with Crippen LogP contribution in [0.2, 0.25) is 0 Å². The molecule has 0 amide bonds. The molecule has 3 heteroatoms. The van der Waals surface area contributed by atoms with Crippen LogP contribution in [0.5, 0.6) is 5.75 Å². The Labute approximate surface area is 139 Å². The van der Waals surface area contributed by atoms with Crippen molar-refractivity contribution in [3.05, 3.63) is 65.7 Å². The fourth-order valence-electron chi connectivity index (χ4n) is 2.82. The molecule has 1 heterocycles. The largest absolute Gasteiger partial charge is 0.493 e. The van der Waals surface area contributed by atoms with Gasteiger partial charge in [0, 0.05) is 12.5 Å². The molecule has 1 atom stereocenters. The fourth-order valence-corrected chi connectivity index (χ4v) is 2.82. The highest BCUT2D eigenvalue weighted by molar-refractivity contribution is 5.85. The van der Waals surface area contributed by atoms with Crippen molar-refractivity contribution in [2.24, 2.45) is 5.92 Å². The number of nitrogens with one attached hydrogen (secondary N) is 1. The molecule has 1 aliphatic heterocycles. The second-order valence-electron chi connectivity index (χ2n) is 5.83. The van der Waals surface area contributed by atoms with Crippen molar-refractivity contribution < 1.29 is 4.74 Å². The molecule has 1 fully saturated rings. The zero-order valence-corrected chi connectivity index (χ0v) is 13.6. The van der Waals surface area contributed by atoms with E-state index in [1.807, 2.05) is 0 Å². The number of ether oxygens (including phenoxy) is 1. The maximum absolute atomic E-state index is 5.91. The van der Waals surface area contributed by atoms with Crippen molar-refractivity contribution >= 4 is 12.4 Å². The van der Waals surface area contributed by atoms with Crippen molar-refractivity contribution in [3.63, 3.8) is 0 Å². The molecule has 0 bridgehead atoms. The van der Waals surface area contributed by atoms with E-state index in [0.29, 0.717) is 5.92 Å². The molecule has 0 aromatic heterocycles. The summed E-state index contributed by atoms with van der Waals surface area (Å²) in [6.07, 6.45) is 3.52. The molecule has 2 nitrogen and oxygen atoms in total. The van der Waals surface area contributed by atoms with E-state index in [0.717, 1.165) is 31.9 Å². The van der Waals surface area contributed by atoms with Crippen LogP contribution in [0.3, 0.4) is 0 Å². The Kier molecular flexibility index (Phi) is 6.75. The van der Waals surface area contributed by atoms with Gasteiger partial charge in [-0.1, -0.05) is 42.5 Å². The first-order chi connectivity index (χ1) is 10.4. The molecule has 0 radical (unpaired) electrons. The minimum Gasteiger partial charge on any atom is -0.493 e. The molecule has 2 aromatic carbocycles. The summed E-state index contributed by atoms with van der Waals surface area (Å²) in [5, 5.41) is 3.43. The average molecular weight is 318 g/mol. The Hall–Kier alpha value is -1.51. The predicted octanol–water partition coefficient (Wildman–Crippen LogP) is 4.08. The van der Waals surface area contributed by atoms with Crippen LogP contribution in [0.25, 0.3) is 0 Å². The van der Waals surface area contributed by atoms with Crippen LogP contribution in [0, 0.1) is 5.92 Å². The summed E-state index contributed by atoms with van der Waals surface area (Å²) in [6.45, 7) is 3.07. The summed E-state index contributed by atoms with van der Waals surface area (Å²) in [5.74, 6) is 1.64. The predicted molar refractivity (Wildman–Crippen MR) is 94.0 cm³/mol. The zero-order valence-electron chi connectivity index (χ0n) is 12.8. The standard InChI is InChI=1S/C19H23NO.ClH/c1-2-5-16(6-3-1)13-17-8-10-19(11-9-17)21-15-18-7-4-12-20-14-18;/h1-3,5-6,8-11,18,20H,4,7,12-15H2;1H. The van der Waals surface area contributed by atoms with Crippen LogP contribution in [-0.4, -0.2) is 19.7 Å². The number of piperidine rings is 1. The second kappa shape index (κ2) is 8.82. The lowest BCUT2D eigenvalue weighted by Crippen LogP contribution is -2.33. The van der Waals surface area contributed by atoms with Crippen molar-refractivity contribution in [3.8, 4) is 5.75 Å². The van der Waals surface area contributed by atoms with Crippen LogP contribution in [0.1, 0.15) is 24.0 Å². The molecule has 22 heavy (non-hydrogen) atoms. The molecule has 1 N–H and O–H groups in total. The Bertz CT molecular complexity index is 535. The van der Waals surface area contributed by atoms with E-state index in [1.165, 1.54) is 24.0 Å². The molecule has 118 valence electrons. The van der Waals surface area contributed by atoms with Gasteiger partial charge in [-0.05, 0) is 49.1 Å². The van der Waals surface area contributed by atoms with E-state index in [2.05, 4.69) is 59.9 Å². The van der Waals surface area contributed by atoms with Gasteiger partial charge in [0.25, 0.3) is 0 Å². The number of hydrogen-bond donors (Lipinski definition) is 1. The summed E-state index contributed by atoms with van der Waals surface area (Å²) < 4.78 is 5.91.